The van der Waals surface area contributed by atoms with Crippen LogP contribution in [0.2, 0.25) is 0 Å². The molecule has 0 saturated carbocycles. The monoisotopic (exact) mass is 398 g/mol. The van der Waals surface area contributed by atoms with Crippen molar-refractivity contribution >= 4 is 50.5 Å². The second kappa shape index (κ2) is 8.10. The molecule has 0 spiro atoms. The zero-order valence-corrected chi connectivity index (χ0v) is 16.4. The molecule has 27 heavy (non-hydrogen) atoms. The highest BCUT2D eigenvalue weighted by Crippen LogP contribution is 2.33. The predicted octanol–water partition coefficient (Wildman–Crippen LogP) is 5.03. The molecule has 0 aliphatic carbocycles. The van der Waals surface area contributed by atoms with Gasteiger partial charge >= 0.3 is 0 Å². The Morgan fingerprint density at radius 2 is 2.07 bits per heavy atom. The number of amides is 1. The number of methoxy groups -OCH3 is 1. The first-order valence-electron chi connectivity index (χ1n) is 8.50. The summed E-state index contributed by atoms with van der Waals surface area (Å²) in [5, 5.41) is 3.87. The number of nitrogens with zero attached hydrogens (tertiary/aromatic N) is 1. The highest BCUT2D eigenvalue weighted by molar-refractivity contribution is 8.38. The van der Waals surface area contributed by atoms with Gasteiger partial charge in [-0.25, -0.2) is 0 Å². The molecule has 5 nitrogen and oxygen atoms in total. The molecule has 2 aromatic carbocycles. The third kappa shape index (κ3) is 3.99. The molecule has 1 aromatic heterocycles. The van der Waals surface area contributed by atoms with Gasteiger partial charge in [0.2, 0.25) is 0 Å². The zero-order valence-electron chi connectivity index (χ0n) is 14.7. The van der Waals surface area contributed by atoms with E-state index in [1.54, 1.807) is 54.9 Å². The number of hydrogen-bond donors (Lipinski definition) is 1. The lowest BCUT2D eigenvalue weighted by atomic mass is 10.1. The Morgan fingerprint density at radius 3 is 2.81 bits per heavy atom. The summed E-state index contributed by atoms with van der Waals surface area (Å²) in [6.45, 7) is 0.865. The Bertz CT molecular complexity index is 996. The van der Waals surface area contributed by atoms with Crippen molar-refractivity contribution < 1.29 is 13.9 Å². The maximum absolute atomic E-state index is 12.9. The van der Waals surface area contributed by atoms with E-state index in [9.17, 15) is 4.79 Å². The van der Waals surface area contributed by atoms with E-state index in [4.69, 9.17) is 9.15 Å². The van der Waals surface area contributed by atoms with E-state index in [2.05, 4.69) is 10.3 Å². The van der Waals surface area contributed by atoms with E-state index in [0.29, 0.717) is 22.8 Å². The van der Waals surface area contributed by atoms with Crippen LogP contribution in [0.4, 0.5) is 5.69 Å². The number of hydrogen-bond acceptors (Lipinski definition) is 6. The fraction of sp³-hybridized carbons (Fsp3) is 0.200. The zero-order chi connectivity index (χ0) is 18.6. The van der Waals surface area contributed by atoms with E-state index in [1.807, 2.05) is 24.3 Å². The van der Waals surface area contributed by atoms with Gasteiger partial charge in [0.15, 0.2) is 5.76 Å². The molecular formula is C20H18N2O3S2. The number of rotatable bonds is 5. The maximum Gasteiger partial charge on any atom is 0.291 e. The van der Waals surface area contributed by atoms with Crippen LogP contribution in [0.3, 0.4) is 0 Å². The van der Waals surface area contributed by atoms with Crippen molar-refractivity contribution in [3.63, 3.8) is 0 Å². The van der Waals surface area contributed by atoms with Crippen molar-refractivity contribution in [1.82, 2.24) is 0 Å². The van der Waals surface area contributed by atoms with Gasteiger partial charge in [0.25, 0.3) is 5.91 Å². The summed E-state index contributed by atoms with van der Waals surface area (Å²) in [6, 6.07) is 15.0. The van der Waals surface area contributed by atoms with Crippen LogP contribution in [0.1, 0.15) is 16.1 Å². The van der Waals surface area contributed by atoms with Gasteiger partial charge in [-0.05, 0) is 30.3 Å². The number of anilines is 1. The van der Waals surface area contributed by atoms with Crippen molar-refractivity contribution in [3.05, 3.63) is 59.9 Å². The Hall–Kier alpha value is -2.38. The average Bonchev–Trinajstić information content (AvgIpc) is 3.34. The lowest BCUT2D eigenvalue weighted by molar-refractivity contribution is 0.0998. The van der Waals surface area contributed by atoms with Gasteiger partial charge in [0.1, 0.15) is 15.7 Å². The van der Waals surface area contributed by atoms with E-state index in [-0.39, 0.29) is 5.91 Å². The van der Waals surface area contributed by atoms with Crippen LogP contribution in [0.25, 0.3) is 11.0 Å². The summed E-state index contributed by atoms with van der Waals surface area (Å²) >= 11 is 3.42. The first kappa shape index (κ1) is 18.0. The minimum absolute atomic E-state index is 0.256. The quantitative estimate of drug-likeness (QED) is 0.653. The van der Waals surface area contributed by atoms with Crippen molar-refractivity contribution in [2.75, 3.05) is 24.7 Å². The maximum atomic E-state index is 12.9. The van der Waals surface area contributed by atoms with Crippen LogP contribution in [-0.4, -0.2) is 29.7 Å². The molecule has 3 aromatic rings. The van der Waals surface area contributed by atoms with Gasteiger partial charge < -0.3 is 14.5 Å². The number of aliphatic imine (C=N–C) groups is 1. The summed E-state index contributed by atoms with van der Waals surface area (Å²) in [7, 11) is 1.61. The van der Waals surface area contributed by atoms with Gasteiger partial charge in [0.05, 0.1) is 13.7 Å². The molecule has 1 aliphatic heterocycles. The summed E-state index contributed by atoms with van der Waals surface area (Å²) in [5.41, 5.74) is 2.31. The fourth-order valence-electron chi connectivity index (χ4n) is 2.82. The van der Waals surface area contributed by atoms with Gasteiger partial charge in [-0.15, -0.1) is 0 Å². The largest absolute Gasteiger partial charge is 0.497 e. The standard InChI is InChI=1S/C20H18N2O3S2/c1-24-14-8-6-13(7-9-14)22-19(23)18-16(12-27-20-21-10-11-26-20)15-4-2-3-5-17(15)25-18/h2-9H,10-12H2,1H3,(H,22,23). The van der Waals surface area contributed by atoms with Gasteiger partial charge in [-0.2, -0.15) is 0 Å². The number of benzene rings is 2. The highest BCUT2D eigenvalue weighted by Gasteiger charge is 2.21. The lowest BCUT2D eigenvalue weighted by Crippen LogP contribution is -2.12. The van der Waals surface area contributed by atoms with E-state index in [1.165, 1.54) is 0 Å². The van der Waals surface area contributed by atoms with E-state index in [0.717, 1.165) is 33.4 Å². The number of thioether (sulfide) groups is 2. The Morgan fingerprint density at radius 1 is 1.26 bits per heavy atom. The molecule has 4 rings (SSSR count). The van der Waals surface area contributed by atoms with Crippen LogP contribution in [0.15, 0.2) is 57.9 Å². The smallest absolute Gasteiger partial charge is 0.291 e. The molecule has 0 saturated heterocycles. The SMILES string of the molecule is COc1ccc(NC(=O)c2oc3ccccc3c2CSC2=NCCS2)cc1. The molecule has 0 radical (unpaired) electrons. The molecule has 0 bridgehead atoms. The predicted molar refractivity (Wildman–Crippen MR) is 113 cm³/mol. The van der Waals surface area contributed by atoms with Crippen LogP contribution in [-0.2, 0) is 5.75 Å². The van der Waals surface area contributed by atoms with Crippen molar-refractivity contribution in [1.29, 1.82) is 0 Å². The minimum Gasteiger partial charge on any atom is -0.497 e. The normalized spacial score (nSPS) is 13.6. The third-order valence-electron chi connectivity index (χ3n) is 4.15. The van der Waals surface area contributed by atoms with Crippen molar-refractivity contribution in [2.45, 2.75) is 5.75 Å². The number of carbonyl (C=O) groups excluding carboxylic acids is 1. The van der Waals surface area contributed by atoms with Crippen LogP contribution < -0.4 is 10.1 Å². The fourth-order valence-corrected chi connectivity index (χ4v) is 4.86. The summed E-state index contributed by atoms with van der Waals surface area (Å²) < 4.78 is 12.1. The summed E-state index contributed by atoms with van der Waals surface area (Å²) in [6.07, 6.45) is 0. The molecule has 0 fully saturated rings. The number of fused-ring (bicyclic) bond motifs is 1. The molecule has 1 aliphatic rings. The highest BCUT2D eigenvalue weighted by atomic mass is 32.2. The number of nitrogens with one attached hydrogen (secondary N) is 1. The molecule has 0 atom stereocenters. The second-order valence-corrected chi connectivity index (χ2v) is 8.18. The number of ether oxygens (including phenoxy) is 1. The molecule has 2 heterocycles. The molecule has 1 amide bonds. The van der Waals surface area contributed by atoms with Crippen molar-refractivity contribution in [2.24, 2.45) is 4.99 Å². The van der Waals surface area contributed by atoms with Gasteiger partial charge in [-0.1, -0.05) is 41.7 Å². The van der Waals surface area contributed by atoms with Crippen molar-refractivity contribution in [3.8, 4) is 5.75 Å². The first-order chi connectivity index (χ1) is 13.2. The van der Waals surface area contributed by atoms with Gasteiger partial charge in [-0.3, -0.25) is 9.79 Å². The van der Waals surface area contributed by atoms with Gasteiger partial charge in [0, 0.05) is 28.1 Å². The summed E-state index contributed by atoms with van der Waals surface area (Å²) in [4.78, 5) is 17.3. The molecule has 7 heteroatoms. The molecule has 1 N–H and O–H groups in total. The Kier molecular flexibility index (Phi) is 5.40. The molecule has 0 unspecified atom stereocenters. The van der Waals surface area contributed by atoms with E-state index < -0.39 is 0 Å². The van der Waals surface area contributed by atoms with Crippen LogP contribution >= 0.6 is 23.5 Å². The number of furan rings is 1. The average molecular weight is 399 g/mol. The topological polar surface area (TPSA) is 63.8 Å². The van der Waals surface area contributed by atoms with Crippen LogP contribution in [0, 0.1) is 0 Å². The summed E-state index contributed by atoms with van der Waals surface area (Å²) in [5.74, 6) is 2.51. The number of para-hydroxylation sites is 1. The Balaban J connectivity index is 1.60. The minimum atomic E-state index is -0.256. The second-order valence-electron chi connectivity index (χ2n) is 5.87. The molecular weight excluding hydrogens is 380 g/mol. The lowest BCUT2D eigenvalue weighted by Gasteiger charge is -2.06. The third-order valence-corrected chi connectivity index (χ3v) is 6.43. The van der Waals surface area contributed by atoms with Crippen LogP contribution in [0.5, 0.6) is 5.75 Å². The Labute approximate surface area is 165 Å². The first-order valence-corrected chi connectivity index (χ1v) is 10.5. The molecule has 138 valence electrons. The number of carbonyl (C=O) groups is 1. The van der Waals surface area contributed by atoms with E-state index >= 15 is 0 Å².